The van der Waals surface area contributed by atoms with Gasteiger partial charge in [0, 0.05) is 11.4 Å². The van der Waals surface area contributed by atoms with Crippen LogP contribution in [0.2, 0.25) is 0 Å². The first-order valence-corrected chi connectivity index (χ1v) is 6.60. The molecule has 7 heteroatoms. The first-order valence-electron chi connectivity index (χ1n) is 5.72. The summed E-state index contributed by atoms with van der Waals surface area (Å²) in [5, 5.41) is 8.22. The van der Waals surface area contributed by atoms with E-state index < -0.39 is 0 Å². The molecule has 1 fully saturated rings. The van der Waals surface area contributed by atoms with Crippen molar-refractivity contribution in [3.63, 3.8) is 0 Å². The first kappa shape index (κ1) is 12.8. The molecular formula is C11H15N3O3S. The van der Waals surface area contributed by atoms with Gasteiger partial charge in [-0.2, -0.15) is 0 Å². The normalized spacial score (nSPS) is 14.1. The average Bonchev–Trinajstić information content (AvgIpc) is 3.05. The topological polar surface area (TPSA) is 80.3 Å². The number of rotatable bonds is 6. The summed E-state index contributed by atoms with van der Waals surface area (Å²) >= 11 is 1.37. The second-order valence-electron chi connectivity index (χ2n) is 4.09. The molecule has 1 aromatic heterocycles. The number of amides is 1. The minimum atomic E-state index is -0.321. The lowest BCUT2D eigenvalue weighted by Gasteiger charge is -2.03. The summed E-state index contributed by atoms with van der Waals surface area (Å²) in [6, 6.07) is 0.366. The van der Waals surface area contributed by atoms with Crippen LogP contribution in [0.5, 0.6) is 0 Å². The maximum atomic E-state index is 11.4. The number of nitrogens with one attached hydrogen (secondary N) is 2. The van der Waals surface area contributed by atoms with Crippen molar-refractivity contribution in [2.24, 2.45) is 0 Å². The van der Waals surface area contributed by atoms with E-state index in [9.17, 15) is 9.59 Å². The van der Waals surface area contributed by atoms with E-state index in [4.69, 9.17) is 0 Å². The molecule has 98 valence electrons. The Bertz CT molecular complexity index is 442. The number of ether oxygens (including phenoxy) is 1. The first-order chi connectivity index (χ1) is 8.67. The summed E-state index contributed by atoms with van der Waals surface area (Å²) < 4.78 is 4.55. The second kappa shape index (κ2) is 5.81. The van der Waals surface area contributed by atoms with E-state index in [1.165, 1.54) is 18.4 Å². The molecule has 18 heavy (non-hydrogen) atoms. The van der Waals surface area contributed by atoms with Crippen molar-refractivity contribution in [2.45, 2.75) is 25.3 Å². The van der Waals surface area contributed by atoms with Crippen LogP contribution in [0, 0.1) is 0 Å². The minimum Gasteiger partial charge on any atom is -0.469 e. The Morgan fingerprint density at radius 3 is 3.00 bits per heavy atom. The van der Waals surface area contributed by atoms with Crippen LogP contribution in [-0.2, 0) is 20.7 Å². The lowest BCUT2D eigenvalue weighted by atomic mass is 10.3. The zero-order valence-corrected chi connectivity index (χ0v) is 10.9. The van der Waals surface area contributed by atoms with Gasteiger partial charge >= 0.3 is 5.97 Å². The quantitative estimate of drug-likeness (QED) is 0.737. The van der Waals surface area contributed by atoms with Crippen LogP contribution in [0.15, 0.2) is 5.38 Å². The number of methoxy groups -OCH3 is 1. The summed E-state index contributed by atoms with van der Waals surface area (Å²) in [6.45, 7) is 0.210. The fourth-order valence-electron chi connectivity index (χ4n) is 1.35. The van der Waals surface area contributed by atoms with Crippen LogP contribution < -0.4 is 10.6 Å². The van der Waals surface area contributed by atoms with Gasteiger partial charge < -0.3 is 15.4 Å². The summed E-state index contributed by atoms with van der Waals surface area (Å²) in [6.07, 6.45) is 2.31. The maximum absolute atomic E-state index is 11.4. The van der Waals surface area contributed by atoms with E-state index in [1.807, 2.05) is 0 Å². The van der Waals surface area contributed by atoms with Crippen LogP contribution in [0.3, 0.4) is 0 Å². The van der Waals surface area contributed by atoms with Gasteiger partial charge in [0.15, 0.2) is 5.13 Å². The molecule has 6 nitrogen and oxygen atoms in total. The van der Waals surface area contributed by atoms with Gasteiger partial charge in [-0.15, -0.1) is 11.3 Å². The van der Waals surface area contributed by atoms with Crippen molar-refractivity contribution in [2.75, 3.05) is 19.0 Å². The second-order valence-corrected chi connectivity index (χ2v) is 4.95. The molecule has 1 saturated carbocycles. The Morgan fingerprint density at radius 2 is 2.33 bits per heavy atom. The Balaban J connectivity index is 1.75. The summed E-state index contributed by atoms with van der Waals surface area (Å²) in [4.78, 5) is 26.7. The summed E-state index contributed by atoms with van der Waals surface area (Å²) in [5.41, 5.74) is 0.650. The van der Waals surface area contributed by atoms with Crippen molar-refractivity contribution in [3.05, 3.63) is 11.1 Å². The highest BCUT2D eigenvalue weighted by Gasteiger charge is 2.22. The summed E-state index contributed by atoms with van der Waals surface area (Å²) in [7, 11) is 1.34. The number of carbonyl (C=O) groups is 2. The van der Waals surface area contributed by atoms with Gasteiger partial charge in [-0.05, 0) is 12.8 Å². The third-order valence-electron chi connectivity index (χ3n) is 2.45. The van der Waals surface area contributed by atoms with Crippen LogP contribution in [0.25, 0.3) is 0 Å². The van der Waals surface area contributed by atoms with E-state index in [2.05, 4.69) is 20.4 Å². The van der Waals surface area contributed by atoms with E-state index in [-0.39, 0.29) is 24.8 Å². The molecule has 2 N–H and O–H groups in total. The van der Waals surface area contributed by atoms with Crippen molar-refractivity contribution in [1.82, 2.24) is 10.3 Å². The molecule has 0 saturated heterocycles. The number of esters is 1. The van der Waals surface area contributed by atoms with Crippen molar-refractivity contribution in [3.8, 4) is 0 Å². The highest BCUT2D eigenvalue weighted by Crippen LogP contribution is 2.19. The maximum Gasteiger partial charge on any atom is 0.311 e. The van der Waals surface area contributed by atoms with E-state index >= 15 is 0 Å². The molecule has 1 aromatic rings. The predicted molar refractivity (Wildman–Crippen MR) is 67.5 cm³/mol. The molecule has 0 spiro atoms. The highest BCUT2D eigenvalue weighted by atomic mass is 32.1. The highest BCUT2D eigenvalue weighted by molar-refractivity contribution is 7.13. The molecule has 1 aliphatic carbocycles. The third kappa shape index (κ3) is 3.99. The Labute approximate surface area is 109 Å². The largest absolute Gasteiger partial charge is 0.469 e. The average molecular weight is 269 g/mol. The molecule has 0 bridgehead atoms. The van der Waals surface area contributed by atoms with Crippen LogP contribution >= 0.6 is 11.3 Å². The van der Waals surface area contributed by atoms with Crippen LogP contribution in [0.1, 0.15) is 18.5 Å². The zero-order chi connectivity index (χ0) is 13.0. The SMILES string of the molecule is COC(=O)Cc1csc(NCC(=O)NC2CC2)n1. The van der Waals surface area contributed by atoms with Gasteiger partial charge in [-0.3, -0.25) is 9.59 Å². The zero-order valence-electron chi connectivity index (χ0n) is 10.1. The molecule has 0 atom stereocenters. The molecule has 0 radical (unpaired) electrons. The molecule has 0 aromatic carbocycles. The van der Waals surface area contributed by atoms with Crippen molar-refractivity contribution >= 4 is 28.3 Å². The lowest BCUT2D eigenvalue weighted by molar-refractivity contribution is -0.139. The van der Waals surface area contributed by atoms with Crippen molar-refractivity contribution < 1.29 is 14.3 Å². The van der Waals surface area contributed by atoms with Gasteiger partial charge in [0.25, 0.3) is 0 Å². The Hall–Kier alpha value is -1.63. The van der Waals surface area contributed by atoms with Crippen LogP contribution in [0.4, 0.5) is 5.13 Å². The predicted octanol–water partition coefficient (Wildman–Crippen LogP) is 0.549. The minimum absolute atomic E-state index is 0.0257. The van der Waals surface area contributed by atoms with Gasteiger partial charge in [0.2, 0.25) is 5.91 Å². The molecule has 2 rings (SSSR count). The van der Waals surface area contributed by atoms with E-state index in [1.54, 1.807) is 5.38 Å². The van der Waals surface area contributed by atoms with Gasteiger partial charge in [-0.1, -0.05) is 0 Å². The van der Waals surface area contributed by atoms with Crippen LogP contribution in [-0.4, -0.2) is 36.6 Å². The van der Waals surface area contributed by atoms with Crippen molar-refractivity contribution in [1.29, 1.82) is 0 Å². The number of thiazole rings is 1. The molecule has 0 aliphatic heterocycles. The smallest absolute Gasteiger partial charge is 0.311 e. The van der Waals surface area contributed by atoms with Gasteiger partial charge in [-0.25, -0.2) is 4.98 Å². The standard InChI is InChI=1S/C11H15N3O3S/c1-17-10(16)4-8-6-18-11(14-8)12-5-9(15)13-7-2-3-7/h6-7H,2-5H2,1H3,(H,12,14)(H,13,15). The van der Waals surface area contributed by atoms with E-state index in [0.29, 0.717) is 16.9 Å². The van der Waals surface area contributed by atoms with E-state index in [0.717, 1.165) is 12.8 Å². The Morgan fingerprint density at radius 1 is 1.56 bits per heavy atom. The number of aromatic nitrogens is 1. The van der Waals surface area contributed by atoms with Gasteiger partial charge in [0.05, 0.1) is 25.8 Å². The fourth-order valence-corrected chi connectivity index (χ4v) is 2.06. The number of hydrogen-bond donors (Lipinski definition) is 2. The number of hydrogen-bond acceptors (Lipinski definition) is 6. The number of carbonyl (C=O) groups excluding carboxylic acids is 2. The summed E-state index contributed by atoms with van der Waals surface area (Å²) in [5.74, 6) is -0.347. The number of anilines is 1. The number of nitrogens with zero attached hydrogens (tertiary/aromatic N) is 1. The third-order valence-corrected chi connectivity index (χ3v) is 3.30. The monoisotopic (exact) mass is 269 g/mol. The molecule has 1 aliphatic rings. The molecule has 1 heterocycles. The molecular weight excluding hydrogens is 254 g/mol. The Kier molecular flexibility index (Phi) is 4.14. The van der Waals surface area contributed by atoms with Gasteiger partial charge in [0.1, 0.15) is 0 Å². The lowest BCUT2D eigenvalue weighted by Crippen LogP contribution is -2.31. The fraction of sp³-hybridized carbons (Fsp3) is 0.545. The molecule has 1 amide bonds. The molecule has 0 unspecified atom stereocenters.